The average Bonchev–Trinajstić information content (AvgIpc) is 2.55. The van der Waals surface area contributed by atoms with E-state index in [1.807, 2.05) is 11.8 Å². The Balaban J connectivity index is 1.87. The molecule has 2 fully saturated rings. The van der Waals surface area contributed by atoms with Crippen LogP contribution in [0, 0.1) is 0 Å². The normalized spacial score (nSPS) is 26.1. The molecule has 0 aliphatic carbocycles. The number of hydrogen-bond acceptors (Lipinski definition) is 3. The number of morpholine rings is 1. The lowest BCUT2D eigenvalue weighted by Crippen LogP contribution is -2.49. The Bertz CT molecular complexity index is 319. The molecule has 2 rings (SSSR count). The summed E-state index contributed by atoms with van der Waals surface area (Å²) in [5.41, 5.74) is 0. The molecule has 0 aromatic rings. The first-order valence-corrected chi connectivity index (χ1v) is 6.84. The van der Waals surface area contributed by atoms with E-state index in [4.69, 9.17) is 4.74 Å². The fourth-order valence-corrected chi connectivity index (χ4v) is 2.51. The van der Waals surface area contributed by atoms with Gasteiger partial charge in [0.1, 0.15) is 0 Å². The third kappa shape index (κ3) is 3.45. The zero-order valence-electron chi connectivity index (χ0n) is 11.1. The summed E-state index contributed by atoms with van der Waals surface area (Å²) in [6.45, 7) is 4.82. The third-order valence-corrected chi connectivity index (χ3v) is 3.59. The fourth-order valence-electron chi connectivity index (χ4n) is 2.51. The smallest absolute Gasteiger partial charge is 0.242 e. The number of nitrogens with zero attached hydrogens (tertiary/aromatic N) is 2. The topological polar surface area (TPSA) is 49.9 Å². The van der Waals surface area contributed by atoms with Crippen molar-refractivity contribution >= 4 is 11.8 Å². The standard InChI is InChI=1S/C13H22N2O3/c1-11-9-15(7-8-18-11)13(17)10-14-6-4-2-3-5-12(14)16/h11H,2-10H2,1H3. The number of ether oxygens (including phenoxy) is 1. The van der Waals surface area contributed by atoms with E-state index in [-0.39, 0.29) is 24.5 Å². The van der Waals surface area contributed by atoms with Crippen LogP contribution in [0.15, 0.2) is 0 Å². The van der Waals surface area contributed by atoms with Gasteiger partial charge in [-0.3, -0.25) is 9.59 Å². The monoisotopic (exact) mass is 254 g/mol. The van der Waals surface area contributed by atoms with Crippen LogP contribution in [-0.4, -0.2) is 60.5 Å². The van der Waals surface area contributed by atoms with Crippen molar-refractivity contribution in [3.05, 3.63) is 0 Å². The molecule has 5 heteroatoms. The van der Waals surface area contributed by atoms with Gasteiger partial charge in [0.15, 0.2) is 0 Å². The largest absolute Gasteiger partial charge is 0.375 e. The molecular formula is C13H22N2O3. The Morgan fingerprint density at radius 2 is 2.17 bits per heavy atom. The highest BCUT2D eigenvalue weighted by Crippen LogP contribution is 2.12. The van der Waals surface area contributed by atoms with Crippen molar-refractivity contribution in [1.82, 2.24) is 9.80 Å². The highest BCUT2D eigenvalue weighted by molar-refractivity contribution is 5.85. The Morgan fingerprint density at radius 3 is 2.94 bits per heavy atom. The number of hydrogen-bond donors (Lipinski definition) is 0. The maximum Gasteiger partial charge on any atom is 0.242 e. The van der Waals surface area contributed by atoms with Crippen molar-refractivity contribution in [3.63, 3.8) is 0 Å². The van der Waals surface area contributed by atoms with Gasteiger partial charge >= 0.3 is 0 Å². The van der Waals surface area contributed by atoms with E-state index < -0.39 is 0 Å². The molecule has 0 radical (unpaired) electrons. The van der Waals surface area contributed by atoms with Crippen LogP contribution in [0.5, 0.6) is 0 Å². The summed E-state index contributed by atoms with van der Waals surface area (Å²) in [6.07, 6.45) is 3.75. The van der Waals surface area contributed by atoms with Crippen molar-refractivity contribution in [2.24, 2.45) is 0 Å². The Labute approximate surface area is 108 Å². The fraction of sp³-hybridized carbons (Fsp3) is 0.846. The van der Waals surface area contributed by atoms with Crippen LogP contribution in [0.2, 0.25) is 0 Å². The summed E-state index contributed by atoms with van der Waals surface area (Å²) >= 11 is 0. The van der Waals surface area contributed by atoms with Crippen LogP contribution in [0.4, 0.5) is 0 Å². The molecule has 0 saturated carbocycles. The minimum Gasteiger partial charge on any atom is -0.375 e. The van der Waals surface area contributed by atoms with Gasteiger partial charge in [-0.1, -0.05) is 6.42 Å². The molecule has 5 nitrogen and oxygen atoms in total. The Hall–Kier alpha value is -1.10. The summed E-state index contributed by atoms with van der Waals surface area (Å²) in [5.74, 6) is 0.183. The number of likely N-dealkylation sites (tertiary alicyclic amines) is 1. The van der Waals surface area contributed by atoms with Gasteiger partial charge in [-0.2, -0.15) is 0 Å². The second-order valence-electron chi connectivity index (χ2n) is 5.15. The van der Waals surface area contributed by atoms with Gasteiger partial charge in [0.05, 0.1) is 19.3 Å². The summed E-state index contributed by atoms with van der Waals surface area (Å²) < 4.78 is 5.41. The van der Waals surface area contributed by atoms with E-state index >= 15 is 0 Å². The molecular weight excluding hydrogens is 232 g/mol. The molecule has 1 atom stereocenters. The molecule has 2 aliphatic heterocycles. The summed E-state index contributed by atoms with van der Waals surface area (Å²) in [4.78, 5) is 27.5. The van der Waals surface area contributed by atoms with Crippen molar-refractivity contribution in [2.75, 3.05) is 32.8 Å². The van der Waals surface area contributed by atoms with Gasteiger partial charge in [0.25, 0.3) is 0 Å². The van der Waals surface area contributed by atoms with Gasteiger partial charge in [-0.25, -0.2) is 0 Å². The third-order valence-electron chi connectivity index (χ3n) is 3.59. The van der Waals surface area contributed by atoms with Gasteiger partial charge in [-0.05, 0) is 19.8 Å². The molecule has 18 heavy (non-hydrogen) atoms. The lowest BCUT2D eigenvalue weighted by atomic mass is 10.2. The van der Waals surface area contributed by atoms with Gasteiger partial charge < -0.3 is 14.5 Å². The Morgan fingerprint density at radius 1 is 1.33 bits per heavy atom. The first-order valence-electron chi connectivity index (χ1n) is 6.84. The molecule has 2 aliphatic rings. The number of amides is 2. The SMILES string of the molecule is CC1CN(C(=O)CN2CCCCCC2=O)CCO1. The van der Waals surface area contributed by atoms with E-state index in [0.29, 0.717) is 26.1 Å². The quantitative estimate of drug-likeness (QED) is 0.726. The highest BCUT2D eigenvalue weighted by atomic mass is 16.5. The van der Waals surface area contributed by atoms with Crippen molar-refractivity contribution < 1.29 is 14.3 Å². The van der Waals surface area contributed by atoms with Crippen molar-refractivity contribution in [3.8, 4) is 0 Å². The van der Waals surface area contributed by atoms with Crippen LogP contribution < -0.4 is 0 Å². The second-order valence-corrected chi connectivity index (χ2v) is 5.15. The molecule has 1 unspecified atom stereocenters. The number of carbonyl (C=O) groups excluding carboxylic acids is 2. The van der Waals surface area contributed by atoms with E-state index in [1.54, 1.807) is 4.90 Å². The molecule has 0 spiro atoms. The molecule has 0 bridgehead atoms. The van der Waals surface area contributed by atoms with Crippen LogP contribution >= 0.6 is 0 Å². The highest BCUT2D eigenvalue weighted by Gasteiger charge is 2.25. The Kier molecular flexibility index (Phi) is 4.58. The molecule has 0 aromatic carbocycles. The molecule has 2 saturated heterocycles. The molecule has 2 amide bonds. The minimum absolute atomic E-state index is 0.0559. The number of rotatable bonds is 2. The number of carbonyl (C=O) groups is 2. The van der Waals surface area contributed by atoms with E-state index in [1.165, 1.54) is 0 Å². The molecule has 0 aromatic heterocycles. The summed E-state index contributed by atoms with van der Waals surface area (Å²) in [6, 6.07) is 0. The van der Waals surface area contributed by atoms with Gasteiger partial charge in [-0.15, -0.1) is 0 Å². The lowest BCUT2D eigenvalue weighted by molar-refractivity contribution is -0.144. The van der Waals surface area contributed by atoms with Crippen LogP contribution in [0.25, 0.3) is 0 Å². The lowest BCUT2D eigenvalue weighted by Gasteiger charge is -2.32. The predicted octanol–water partition coefficient (Wildman–Crippen LogP) is 0.636. The molecule has 2 heterocycles. The maximum absolute atomic E-state index is 12.1. The van der Waals surface area contributed by atoms with Crippen molar-refractivity contribution in [2.45, 2.75) is 38.7 Å². The zero-order valence-corrected chi connectivity index (χ0v) is 11.1. The van der Waals surface area contributed by atoms with Crippen LogP contribution in [0.3, 0.4) is 0 Å². The van der Waals surface area contributed by atoms with Crippen molar-refractivity contribution in [1.29, 1.82) is 0 Å². The zero-order chi connectivity index (χ0) is 13.0. The summed E-state index contributed by atoms with van der Waals surface area (Å²) in [7, 11) is 0. The first kappa shape index (κ1) is 13.3. The predicted molar refractivity (Wildman–Crippen MR) is 67.0 cm³/mol. The minimum atomic E-state index is 0.0559. The van der Waals surface area contributed by atoms with Crippen LogP contribution in [0.1, 0.15) is 32.6 Å². The van der Waals surface area contributed by atoms with Gasteiger partial charge in [0, 0.05) is 26.1 Å². The van der Waals surface area contributed by atoms with E-state index in [9.17, 15) is 9.59 Å². The van der Waals surface area contributed by atoms with E-state index in [2.05, 4.69) is 0 Å². The molecule has 102 valence electrons. The van der Waals surface area contributed by atoms with Gasteiger partial charge in [0.2, 0.25) is 11.8 Å². The molecule has 0 N–H and O–H groups in total. The van der Waals surface area contributed by atoms with E-state index in [0.717, 1.165) is 25.8 Å². The maximum atomic E-state index is 12.1. The second kappa shape index (κ2) is 6.18. The average molecular weight is 254 g/mol. The first-order chi connectivity index (χ1) is 8.66. The summed E-state index contributed by atoms with van der Waals surface area (Å²) in [5, 5.41) is 0. The van der Waals surface area contributed by atoms with Crippen LogP contribution in [-0.2, 0) is 14.3 Å².